The molecule has 2 amide bonds. The number of hydrogen-bond acceptors (Lipinski definition) is 10. The molecule has 0 aromatic heterocycles. The molecule has 2 aliphatic heterocycles. The molecular weight excluding hydrogens is 676 g/mol. The van der Waals surface area contributed by atoms with Crippen molar-refractivity contribution in [3.8, 4) is 5.75 Å². The summed E-state index contributed by atoms with van der Waals surface area (Å²) < 4.78 is 46.3. The summed E-state index contributed by atoms with van der Waals surface area (Å²) in [6.45, 7) is 9.19. The van der Waals surface area contributed by atoms with Gasteiger partial charge in [-0.05, 0) is 95.5 Å². The number of carbonyl (C=O) groups excluding carboxylic acids is 4. The number of ether oxygens (including phenoxy) is 3. The lowest BCUT2D eigenvalue weighted by atomic mass is 9.81. The number of Topliss-reactive ketones (excluding diaryl/α,β-unsaturated/α-hetero) is 1. The van der Waals surface area contributed by atoms with Gasteiger partial charge in [0.1, 0.15) is 30.3 Å². The first-order valence-corrected chi connectivity index (χ1v) is 19.1. The zero-order chi connectivity index (χ0) is 37.2. The first-order chi connectivity index (χ1) is 24.1. The molecule has 280 valence electrons. The lowest BCUT2D eigenvalue weighted by Crippen LogP contribution is -2.44. The molecule has 13 heteroatoms. The van der Waals surface area contributed by atoms with E-state index in [0.29, 0.717) is 56.1 Å². The average Bonchev–Trinajstić information content (AvgIpc) is 3.10. The maximum Gasteiger partial charge on any atom is 0.410 e. The Kier molecular flexibility index (Phi) is 14.0. The molecule has 0 saturated carbocycles. The Balaban J connectivity index is 1.31. The molecule has 4 rings (SSSR count). The first-order valence-electron chi connectivity index (χ1n) is 17.7. The maximum atomic E-state index is 14.0. The Hall–Kier alpha value is -3.97. The van der Waals surface area contributed by atoms with Crippen LogP contribution in [0.1, 0.15) is 82.8 Å². The van der Waals surface area contributed by atoms with Gasteiger partial charge in [0.05, 0.1) is 24.3 Å². The van der Waals surface area contributed by atoms with Crippen molar-refractivity contribution in [3.05, 3.63) is 59.7 Å². The Morgan fingerprint density at radius 2 is 1.63 bits per heavy atom. The highest BCUT2D eigenvalue weighted by Crippen LogP contribution is 2.32. The van der Waals surface area contributed by atoms with E-state index in [1.807, 2.05) is 27.7 Å². The Morgan fingerprint density at radius 1 is 0.922 bits per heavy atom. The van der Waals surface area contributed by atoms with Gasteiger partial charge in [-0.3, -0.25) is 18.6 Å². The van der Waals surface area contributed by atoms with Gasteiger partial charge in [0, 0.05) is 38.5 Å². The molecule has 2 heterocycles. The minimum atomic E-state index is -3.94. The van der Waals surface area contributed by atoms with Crippen molar-refractivity contribution in [2.45, 2.75) is 89.1 Å². The van der Waals surface area contributed by atoms with Crippen molar-refractivity contribution in [2.75, 3.05) is 46.5 Å². The van der Waals surface area contributed by atoms with Crippen molar-refractivity contribution in [2.24, 2.45) is 11.8 Å². The Bertz CT molecular complexity index is 1610. The van der Waals surface area contributed by atoms with Gasteiger partial charge in [0.2, 0.25) is 5.91 Å². The number of likely N-dealkylation sites (tertiary alicyclic amines) is 2. The number of benzene rings is 2. The van der Waals surface area contributed by atoms with Crippen LogP contribution in [0.5, 0.6) is 5.75 Å². The molecule has 2 aliphatic rings. The minimum absolute atomic E-state index is 0.00796. The summed E-state index contributed by atoms with van der Waals surface area (Å²) in [5, 5.41) is 0. The van der Waals surface area contributed by atoms with Crippen LogP contribution in [-0.2, 0) is 38.2 Å². The first kappa shape index (κ1) is 39.8. The highest BCUT2D eigenvalue weighted by atomic mass is 32.2. The second-order valence-electron chi connectivity index (χ2n) is 14.4. The van der Waals surface area contributed by atoms with Crippen LogP contribution >= 0.6 is 0 Å². The summed E-state index contributed by atoms with van der Waals surface area (Å²) in [5.74, 6) is -1.20. The van der Waals surface area contributed by atoms with E-state index >= 15 is 0 Å². The molecule has 2 aromatic rings. The fraction of sp³-hybridized carbons (Fsp3) is 0.579. The lowest BCUT2D eigenvalue weighted by Gasteiger charge is -2.35. The fourth-order valence-corrected chi connectivity index (χ4v) is 7.36. The predicted molar refractivity (Wildman–Crippen MR) is 190 cm³/mol. The zero-order valence-electron chi connectivity index (χ0n) is 30.4. The molecule has 0 bridgehead atoms. The van der Waals surface area contributed by atoms with Crippen molar-refractivity contribution in [1.29, 1.82) is 0 Å². The zero-order valence-corrected chi connectivity index (χ0v) is 31.2. The molecule has 0 N–H and O–H groups in total. The van der Waals surface area contributed by atoms with Gasteiger partial charge in [0.15, 0.2) is 0 Å². The van der Waals surface area contributed by atoms with Gasteiger partial charge in [-0.15, -0.1) is 0 Å². The number of nitrogens with zero attached hydrogens (tertiary/aromatic N) is 2. The minimum Gasteiger partial charge on any atom is -0.491 e. The smallest absolute Gasteiger partial charge is 0.410 e. The van der Waals surface area contributed by atoms with Crippen LogP contribution in [0.4, 0.5) is 4.79 Å². The number of carbonyl (C=O) groups is 4. The van der Waals surface area contributed by atoms with Crippen LogP contribution in [0.25, 0.3) is 0 Å². The molecule has 51 heavy (non-hydrogen) atoms. The summed E-state index contributed by atoms with van der Waals surface area (Å²) in [7, 11) is -2.67. The van der Waals surface area contributed by atoms with E-state index in [-0.39, 0.29) is 48.9 Å². The highest BCUT2D eigenvalue weighted by molar-refractivity contribution is 7.86. The molecule has 12 nitrogen and oxygen atoms in total. The third kappa shape index (κ3) is 12.1. The van der Waals surface area contributed by atoms with Crippen LogP contribution in [0, 0.1) is 18.8 Å². The SMILES string of the molecule is COC(=O)CC(C(=O)[C@@H]1CCCN(C(=O)CCC2CCN(C(=O)OC(C)(C)C)CC2)C1)c1cccc(OCCOS(=O)(=O)c2ccc(C)cc2)c1. The van der Waals surface area contributed by atoms with Crippen molar-refractivity contribution in [1.82, 2.24) is 9.80 Å². The standard InChI is InChI=1S/C38H52N2O10S/c1-27-11-14-32(15-12-27)51(45,46)49-23-22-48-31-10-6-8-29(24-31)33(25-35(42)47-5)36(43)30-9-7-19-40(26-30)34(41)16-13-28-17-20-39(21-18-28)37(44)50-38(2,3)4/h6,8,10-12,14-15,24,28,30,33H,7,9,13,16-23,25-26H2,1-5H3/t30-,33?/m1/s1. The van der Waals surface area contributed by atoms with Gasteiger partial charge < -0.3 is 24.0 Å². The quantitative estimate of drug-likeness (QED) is 0.136. The van der Waals surface area contributed by atoms with Crippen LogP contribution in [0.3, 0.4) is 0 Å². The molecule has 0 aliphatic carbocycles. The number of hydrogen-bond donors (Lipinski definition) is 0. The number of aryl methyl sites for hydroxylation is 1. The van der Waals surface area contributed by atoms with Crippen LogP contribution in [-0.4, -0.2) is 94.1 Å². The van der Waals surface area contributed by atoms with E-state index < -0.39 is 33.5 Å². The second kappa shape index (κ2) is 18.0. The van der Waals surface area contributed by atoms with E-state index in [0.717, 1.165) is 24.8 Å². The molecule has 0 radical (unpaired) electrons. The van der Waals surface area contributed by atoms with E-state index in [1.54, 1.807) is 46.2 Å². The summed E-state index contributed by atoms with van der Waals surface area (Å²) >= 11 is 0. The predicted octanol–water partition coefficient (Wildman–Crippen LogP) is 5.66. The summed E-state index contributed by atoms with van der Waals surface area (Å²) in [5.41, 5.74) is 0.952. The van der Waals surface area contributed by atoms with Gasteiger partial charge in [0.25, 0.3) is 10.1 Å². The lowest BCUT2D eigenvalue weighted by molar-refractivity contribution is -0.144. The summed E-state index contributed by atoms with van der Waals surface area (Å²) in [6, 6.07) is 13.1. The monoisotopic (exact) mass is 728 g/mol. The molecular formula is C38H52N2O10S. The topological polar surface area (TPSA) is 146 Å². The molecule has 2 fully saturated rings. The third-order valence-corrected chi connectivity index (χ3v) is 10.6. The molecule has 2 atom stereocenters. The summed E-state index contributed by atoms with van der Waals surface area (Å²) in [6.07, 6.45) is 3.53. The van der Waals surface area contributed by atoms with Crippen LogP contribution in [0.2, 0.25) is 0 Å². The van der Waals surface area contributed by atoms with E-state index in [2.05, 4.69) is 0 Å². The third-order valence-electron chi connectivity index (χ3n) is 9.31. The number of esters is 1. The van der Waals surface area contributed by atoms with E-state index in [1.165, 1.54) is 19.2 Å². The second-order valence-corrected chi connectivity index (χ2v) is 16.0. The largest absolute Gasteiger partial charge is 0.491 e. The average molecular weight is 729 g/mol. The molecule has 2 aromatic carbocycles. The molecule has 2 saturated heterocycles. The number of methoxy groups -OCH3 is 1. The highest BCUT2D eigenvalue weighted by Gasteiger charge is 2.35. The van der Waals surface area contributed by atoms with E-state index in [9.17, 15) is 27.6 Å². The van der Waals surface area contributed by atoms with Gasteiger partial charge >= 0.3 is 12.1 Å². The Morgan fingerprint density at radius 3 is 2.29 bits per heavy atom. The number of piperidine rings is 2. The summed E-state index contributed by atoms with van der Waals surface area (Å²) in [4.78, 5) is 55.8. The maximum absolute atomic E-state index is 14.0. The van der Waals surface area contributed by atoms with Gasteiger partial charge in [-0.2, -0.15) is 8.42 Å². The number of ketones is 1. The van der Waals surface area contributed by atoms with E-state index in [4.69, 9.17) is 18.4 Å². The van der Waals surface area contributed by atoms with Crippen LogP contribution < -0.4 is 4.74 Å². The normalized spacial score (nSPS) is 17.8. The van der Waals surface area contributed by atoms with Gasteiger partial charge in [-0.25, -0.2) is 4.79 Å². The number of amides is 2. The Labute approximate surface area is 301 Å². The van der Waals surface area contributed by atoms with Crippen molar-refractivity contribution < 1.29 is 46.0 Å². The number of rotatable bonds is 14. The van der Waals surface area contributed by atoms with Crippen molar-refractivity contribution >= 4 is 33.9 Å². The van der Waals surface area contributed by atoms with Crippen LogP contribution in [0.15, 0.2) is 53.4 Å². The van der Waals surface area contributed by atoms with Gasteiger partial charge in [-0.1, -0.05) is 29.8 Å². The van der Waals surface area contributed by atoms with Crippen molar-refractivity contribution in [3.63, 3.8) is 0 Å². The fourth-order valence-electron chi connectivity index (χ4n) is 6.47. The molecule has 1 unspecified atom stereocenters. The molecule has 0 spiro atoms.